The number of aromatic nitrogens is 4. The first-order chi connectivity index (χ1) is 7.11. The SMILES string of the molecule is Nc1nc2[nH]c(=O)c(CBr)nc2c(=O)[nH]1. The number of nitrogens with two attached hydrogens (primary N) is 1. The van der Waals surface area contributed by atoms with Crippen molar-refractivity contribution in [1.82, 2.24) is 19.9 Å². The van der Waals surface area contributed by atoms with Gasteiger partial charge in [-0.1, -0.05) is 15.9 Å². The lowest BCUT2D eigenvalue weighted by atomic mass is 10.4. The van der Waals surface area contributed by atoms with Crippen molar-refractivity contribution in [2.24, 2.45) is 0 Å². The summed E-state index contributed by atoms with van der Waals surface area (Å²) in [4.78, 5) is 35.1. The minimum atomic E-state index is -0.476. The molecule has 0 saturated carbocycles. The Morgan fingerprint density at radius 2 is 1.93 bits per heavy atom. The molecule has 78 valence electrons. The minimum Gasteiger partial charge on any atom is -0.369 e. The van der Waals surface area contributed by atoms with Crippen molar-refractivity contribution in [3.63, 3.8) is 0 Å². The molecule has 8 heteroatoms. The number of nitrogen functional groups attached to an aromatic ring is 1. The fourth-order valence-electron chi connectivity index (χ4n) is 1.13. The second kappa shape index (κ2) is 3.46. The molecule has 2 rings (SSSR count). The van der Waals surface area contributed by atoms with E-state index in [1.807, 2.05) is 0 Å². The number of fused-ring (bicyclic) bond motifs is 1. The maximum absolute atomic E-state index is 11.4. The van der Waals surface area contributed by atoms with Gasteiger partial charge in [0.1, 0.15) is 5.69 Å². The Hall–Kier alpha value is -1.70. The number of rotatable bonds is 1. The number of nitrogens with zero attached hydrogens (tertiary/aromatic N) is 2. The Balaban J connectivity index is 2.94. The van der Waals surface area contributed by atoms with Crippen LogP contribution in [0.3, 0.4) is 0 Å². The molecule has 0 aliphatic rings. The number of nitrogens with one attached hydrogen (secondary N) is 2. The van der Waals surface area contributed by atoms with Crippen molar-refractivity contribution in [3.05, 3.63) is 26.4 Å². The highest BCUT2D eigenvalue weighted by Crippen LogP contribution is 2.01. The van der Waals surface area contributed by atoms with E-state index in [0.717, 1.165) is 0 Å². The standard InChI is InChI=1S/C7H6BrN5O2/c8-1-2-5(14)11-4-3(10-2)6(15)13-7(9)12-4/h1H2,(H4,9,11,12,13,14,15). The van der Waals surface area contributed by atoms with Gasteiger partial charge < -0.3 is 10.7 Å². The number of aromatic amines is 2. The van der Waals surface area contributed by atoms with E-state index in [4.69, 9.17) is 5.73 Å². The van der Waals surface area contributed by atoms with Crippen LogP contribution in [-0.4, -0.2) is 19.9 Å². The van der Waals surface area contributed by atoms with Gasteiger partial charge in [0.2, 0.25) is 5.95 Å². The molecule has 0 spiro atoms. The molecular formula is C7H6BrN5O2. The predicted octanol–water partition coefficient (Wildman–Crippen LogP) is -0.516. The van der Waals surface area contributed by atoms with E-state index >= 15 is 0 Å². The third-order valence-electron chi connectivity index (χ3n) is 1.78. The van der Waals surface area contributed by atoms with E-state index in [2.05, 4.69) is 35.9 Å². The fraction of sp³-hybridized carbons (Fsp3) is 0.143. The zero-order valence-corrected chi connectivity index (χ0v) is 8.96. The van der Waals surface area contributed by atoms with E-state index in [-0.39, 0.29) is 28.1 Å². The summed E-state index contributed by atoms with van der Waals surface area (Å²) in [7, 11) is 0. The van der Waals surface area contributed by atoms with Crippen LogP contribution in [0.25, 0.3) is 11.2 Å². The predicted molar refractivity (Wildman–Crippen MR) is 57.8 cm³/mol. The third kappa shape index (κ3) is 1.63. The smallest absolute Gasteiger partial charge is 0.280 e. The zero-order valence-electron chi connectivity index (χ0n) is 7.37. The van der Waals surface area contributed by atoms with E-state index in [9.17, 15) is 9.59 Å². The Morgan fingerprint density at radius 1 is 1.20 bits per heavy atom. The number of halogens is 1. The van der Waals surface area contributed by atoms with Gasteiger partial charge in [0.25, 0.3) is 11.1 Å². The molecule has 4 N–H and O–H groups in total. The Labute approximate surface area is 90.9 Å². The first-order valence-electron chi connectivity index (χ1n) is 3.96. The largest absolute Gasteiger partial charge is 0.369 e. The average molecular weight is 272 g/mol. The molecule has 0 aliphatic heterocycles. The minimum absolute atomic E-state index is 0.0588. The van der Waals surface area contributed by atoms with Crippen LogP contribution in [0, 0.1) is 0 Å². The molecule has 0 saturated heterocycles. The monoisotopic (exact) mass is 271 g/mol. The van der Waals surface area contributed by atoms with E-state index < -0.39 is 11.1 Å². The number of H-pyrrole nitrogens is 2. The maximum atomic E-state index is 11.4. The molecule has 2 heterocycles. The van der Waals surface area contributed by atoms with Crippen molar-refractivity contribution in [3.8, 4) is 0 Å². The van der Waals surface area contributed by atoms with Gasteiger partial charge in [0.05, 0.1) is 5.33 Å². The second-order valence-electron chi connectivity index (χ2n) is 2.79. The van der Waals surface area contributed by atoms with Gasteiger partial charge in [-0.2, -0.15) is 4.98 Å². The summed E-state index contributed by atoms with van der Waals surface area (Å²) in [5, 5.41) is 0.266. The van der Waals surface area contributed by atoms with Gasteiger partial charge in [-0.15, -0.1) is 0 Å². The molecule has 0 aliphatic carbocycles. The molecular weight excluding hydrogens is 266 g/mol. The van der Waals surface area contributed by atoms with Gasteiger partial charge >= 0.3 is 0 Å². The van der Waals surface area contributed by atoms with Crippen LogP contribution in [0.5, 0.6) is 0 Å². The van der Waals surface area contributed by atoms with Crippen LogP contribution in [0.2, 0.25) is 0 Å². The summed E-state index contributed by atoms with van der Waals surface area (Å²) in [6.45, 7) is 0. The highest BCUT2D eigenvalue weighted by molar-refractivity contribution is 9.08. The molecule has 2 aromatic rings. The van der Waals surface area contributed by atoms with Crippen LogP contribution >= 0.6 is 15.9 Å². The summed E-state index contributed by atoms with van der Waals surface area (Å²) >= 11 is 3.09. The quantitative estimate of drug-likeness (QED) is 0.604. The van der Waals surface area contributed by atoms with Gasteiger partial charge in [0.15, 0.2) is 11.2 Å². The first kappa shape index (κ1) is 9.84. The Kier molecular flexibility index (Phi) is 2.27. The maximum Gasteiger partial charge on any atom is 0.280 e. The molecule has 2 aromatic heterocycles. The van der Waals surface area contributed by atoms with Gasteiger partial charge in [-0.05, 0) is 0 Å². The van der Waals surface area contributed by atoms with Crippen molar-refractivity contribution in [2.45, 2.75) is 5.33 Å². The molecule has 15 heavy (non-hydrogen) atoms. The van der Waals surface area contributed by atoms with E-state index in [0.29, 0.717) is 0 Å². The number of hydrogen-bond acceptors (Lipinski definition) is 5. The van der Waals surface area contributed by atoms with E-state index in [1.54, 1.807) is 0 Å². The van der Waals surface area contributed by atoms with Crippen LogP contribution in [0.15, 0.2) is 9.59 Å². The normalized spacial score (nSPS) is 10.7. The highest BCUT2D eigenvalue weighted by Gasteiger charge is 2.08. The van der Waals surface area contributed by atoms with Crippen LogP contribution in [0.4, 0.5) is 5.95 Å². The first-order valence-corrected chi connectivity index (χ1v) is 5.08. The van der Waals surface area contributed by atoms with Crippen molar-refractivity contribution in [1.29, 1.82) is 0 Å². The Morgan fingerprint density at radius 3 is 2.60 bits per heavy atom. The summed E-state index contributed by atoms with van der Waals surface area (Å²) in [6.07, 6.45) is 0. The summed E-state index contributed by atoms with van der Waals surface area (Å²) in [5.41, 5.74) is 4.83. The lowest BCUT2D eigenvalue weighted by molar-refractivity contribution is 1.05. The number of anilines is 1. The summed E-state index contributed by atoms with van der Waals surface area (Å²) in [5.74, 6) is -0.0588. The lowest BCUT2D eigenvalue weighted by Gasteiger charge is -1.98. The topological polar surface area (TPSA) is 118 Å². The van der Waals surface area contributed by atoms with Gasteiger partial charge in [-0.3, -0.25) is 14.6 Å². The highest BCUT2D eigenvalue weighted by atomic mass is 79.9. The summed E-state index contributed by atoms with van der Waals surface area (Å²) < 4.78 is 0. The lowest BCUT2D eigenvalue weighted by Crippen LogP contribution is -2.20. The molecule has 0 unspecified atom stereocenters. The van der Waals surface area contributed by atoms with Crippen molar-refractivity contribution in [2.75, 3.05) is 5.73 Å². The molecule has 7 nitrogen and oxygen atoms in total. The number of hydrogen-bond donors (Lipinski definition) is 3. The van der Waals surface area contributed by atoms with Crippen LogP contribution in [-0.2, 0) is 5.33 Å². The molecule has 0 bridgehead atoms. The third-order valence-corrected chi connectivity index (χ3v) is 2.31. The molecule has 0 radical (unpaired) electrons. The van der Waals surface area contributed by atoms with Crippen LogP contribution < -0.4 is 16.9 Å². The summed E-state index contributed by atoms with van der Waals surface area (Å²) in [6, 6.07) is 0. The number of alkyl halides is 1. The van der Waals surface area contributed by atoms with Gasteiger partial charge in [-0.25, -0.2) is 4.98 Å². The second-order valence-corrected chi connectivity index (χ2v) is 3.36. The molecule has 0 aromatic carbocycles. The van der Waals surface area contributed by atoms with Crippen molar-refractivity contribution < 1.29 is 0 Å². The zero-order chi connectivity index (χ0) is 11.0. The van der Waals surface area contributed by atoms with Crippen molar-refractivity contribution >= 4 is 33.0 Å². The molecule has 0 fully saturated rings. The van der Waals surface area contributed by atoms with E-state index in [1.165, 1.54) is 0 Å². The molecule has 0 amide bonds. The fourth-order valence-corrected chi connectivity index (χ4v) is 1.51. The Bertz CT molecular complexity index is 631. The average Bonchev–Trinajstić information content (AvgIpc) is 2.16. The van der Waals surface area contributed by atoms with Gasteiger partial charge in [0, 0.05) is 0 Å². The van der Waals surface area contributed by atoms with Crippen LogP contribution in [0.1, 0.15) is 5.69 Å². The molecule has 0 atom stereocenters.